The number of rotatable bonds is 4. The number of piperazine rings is 1. The van der Waals surface area contributed by atoms with Crippen molar-refractivity contribution in [1.29, 1.82) is 0 Å². The van der Waals surface area contributed by atoms with E-state index in [0.29, 0.717) is 13.1 Å². The lowest BCUT2D eigenvalue weighted by atomic mass is 10.2. The molecule has 0 spiro atoms. The van der Waals surface area contributed by atoms with Crippen molar-refractivity contribution in [2.75, 3.05) is 46.4 Å². The Kier molecular flexibility index (Phi) is 6.44. The zero-order chi connectivity index (χ0) is 16.4. The molecule has 24 heavy (non-hydrogen) atoms. The number of sulfonamides is 1. The van der Waals surface area contributed by atoms with Crippen LogP contribution in [0, 0.1) is 5.82 Å². The molecule has 1 atom stereocenters. The van der Waals surface area contributed by atoms with Gasteiger partial charge in [0.1, 0.15) is 0 Å². The van der Waals surface area contributed by atoms with Crippen molar-refractivity contribution >= 4 is 22.4 Å². The first-order valence-corrected chi connectivity index (χ1v) is 9.25. The van der Waals surface area contributed by atoms with Crippen molar-refractivity contribution in [3.8, 4) is 5.75 Å². The van der Waals surface area contributed by atoms with E-state index < -0.39 is 15.8 Å². The first kappa shape index (κ1) is 19.4. The minimum atomic E-state index is -3.66. The van der Waals surface area contributed by atoms with E-state index in [2.05, 4.69) is 10.2 Å². The van der Waals surface area contributed by atoms with Gasteiger partial charge in [0, 0.05) is 45.3 Å². The van der Waals surface area contributed by atoms with Gasteiger partial charge in [-0.15, -0.1) is 12.4 Å². The zero-order valence-corrected chi connectivity index (χ0v) is 15.2. The SMILES string of the molecule is COc1ccc(S(=O)(=O)N2CCC(N3CCNCC3)C2)cc1F.Cl. The number of nitrogens with one attached hydrogen (secondary N) is 1. The second kappa shape index (κ2) is 7.97. The van der Waals surface area contributed by atoms with Crippen molar-refractivity contribution in [2.45, 2.75) is 17.4 Å². The van der Waals surface area contributed by atoms with Crippen LogP contribution < -0.4 is 10.1 Å². The lowest BCUT2D eigenvalue weighted by molar-refractivity contribution is 0.179. The van der Waals surface area contributed by atoms with E-state index >= 15 is 0 Å². The Bertz CT molecular complexity index is 668. The molecule has 2 saturated heterocycles. The predicted molar refractivity (Wildman–Crippen MR) is 91.8 cm³/mol. The maximum absolute atomic E-state index is 13.8. The van der Waals surface area contributed by atoms with E-state index in [1.807, 2.05) is 0 Å². The summed E-state index contributed by atoms with van der Waals surface area (Å²) in [6, 6.07) is 4.03. The summed E-state index contributed by atoms with van der Waals surface area (Å²) in [7, 11) is -2.31. The molecule has 0 saturated carbocycles. The molecule has 3 rings (SSSR count). The maximum Gasteiger partial charge on any atom is 0.243 e. The highest BCUT2D eigenvalue weighted by molar-refractivity contribution is 7.89. The van der Waals surface area contributed by atoms with Gasteiger partial charge in [0.15, 0.2) is 11.6 Å². The van der Waals surface area contributed by atoms with Crippen LogP contribution in [-0.4, -0.2) is 70.0 Å². The highest BCUT2D eigenvalue weighted by Gasteiger charge is 2.35. The summed E-state index contributed by atoms with van der Waals surface area (Å²) in [6.45, 7) is 4.70. The molecule has 2 heterocycles. The van der Waals surface area contributed by atoms with Crippen molar-refractivity contribution < 1.29 is 17.5 Å². The van der Waals surface area contributed by atoms with E-state index in [9.17, 15) is 12.8 Å². The van der Waals surface area contributed by atoms with Gasteiger partial charge in [0.2, 0.25) is 10.0 Å². The van der Waals surface area contributed by atoms with E-state index in [-0.39, 0.29) is 29.1 Å². The molecule has 1 N–H and O–H groups in total. The molecule has 0 aliphatic carbocycles. The minimum Gasteiger partial charge on any atom is -0.494 e. The largest absolute Gasteiger partial charge is 0.494 e. The number of nitrogens with zero attached hydrogens (tertiary/aromatic N) is 2. The second-order valence-corrected chi connectivity index (χ2v) is 7.83. The lowest BCUT2D eigenvalue weighted by Crippen LogP contribution is -2.49. The summed E-state index contributed by atoms with van der Waals surface area (Å²) in [5.41, 5.74) is 0. The van der Waals surface area contributed by atoms with Crippen LogP contribution in [0.4, 0.5) is 4.39 Å². The summed E-state index contributed by atoms with van der Waals surface area (Å²) in [6.07, 6.45) is 0.817. The first-order valence-electron chi connectivity index (χ1n) is 7.81. The monoisotopic (exact) mass is 379 g/mol. The molecule has 1 aromatic rings. The highest BCUT2D eigenvalue weighted by Crippen LogP contribution is 2.26. The fraction of sp³-hybridized carbons (Fsp3) is 0.600. The summed E-state index contributed by atoms with van der Waals surface area (Å²) in [4.78, 5) is 2.32. The molecule has 0 amide bonds. The average Bonchev–Trinajstić information content (AvgIpc) is 3.06. The Morgan fingerprint density at radius 3 is 2.58 bits per heavy atom. The van der Waals surface area contributed by atoms with Crippen LogP contribution in [0.15, 0.2) is 23.1 Å². The average molecular weight is 380 g/mol. The minimum absolute atomic E-state index is 0. The van der Waals surface area contributed by atoms with Gasteiger partial charge < -0.3 is 10.1 Å². The number of ether oxygens (including phenoxy) is 1. The van der Waals surface area contributed by atoms with Crippen LogP contribution >= 0.6 is 12.4 Å². The number of halogens is 2. The summed E-state index contributed by atoms with van der Waals surface area (Å²) < 4.78 is 45.5. The maximum atomic E-state index is 13.8. The van der Waals surface area contributed by atoms with Gasteiger partial charge in [-0.05, 0) is 24.6 Å². The van der Waals surface area contributed by atoms with Crippen LogP contribution in [0.2, 0.25) is 0 Å². The van der Waals surface area contributed by atoms with Crippen molar-refractivity contribution in [3.05, 3.63) is 24.0 Å². The number of hydrogen-bond acceptors (Lipinski definition) is 5. The van der Waals surface area contributed by atoms with E-state index in [0.717, 1.165) is 38.7 Å². The second-order valence-electron chi connectivity index (χ2n) is 5.89. The Morgan fingerprint density at radius 1 is 1.25 bits per heavy atom. The van der Waals surface area contributed by atoms with Gasteiger partial charge >= 0.3 is 0 Å². The van der Waals surface area contributed by atoms with Gasteiger partial charge in [-0.2, -0.15) is 4.31 Å². The molecule has 9 heteroatoms. The van der Waals surface area contributed by atoms with Crippen molar-refractivity contribution in [3.63, 3.8) is 0 Å². The molecule has 1 aromatic carbocycles. The van der Waals surface area contributed by atoms with Gasteiger partial charge in [0.25, 0.3) is 0 Å². The van der Waals surface area contributed by atoms with Gasteiger partial charge in [-0.3, -0.25) is 4.90 Å². The van der Waals surface area contributed by atoms with E-state index in [1.165, 1.54) is 23.5 Å². The molecule has 1 unspecified atom stereocenters. The molecule has 2 aliphatic heterocycles. The lowest BCUT2D eigenvalue weighted by Gasteiger charge is -2.32. The predicted octanol–water partition coefficient (Wildman–Crippen LogP) is 0.924. The fourth-order valence-corrected chi connectivity index (χ4v) is 4.74. The highest BCUT2D eigenvalue weighted by atomic mass is 35.5. The molecule has 0 bridgehead atoms. The van der Waals surface area contributed by atoms with Crippen molar-refractivity contribution in [1.82, 2.24) is 14.5 Å². The van der Waals surface area contributed by atoms with E-state index in [4.69, 9.17) is 4.74 Å². The number of benzene rings is 1. The van der Waals surface area contributed by atoms with Crippen LogP contribution in [-0.2, 0) is 10.0 Å². The van der Waals surface area contributed by atoms with Gasteiger partial charge in [-0.25, -0.2) is 12.8 Å². The Morgan fingerprint density at radius 2 is 1.96 bits per heavy atom. The first-order chi connectivity index (χ1) is 11.0. The Labute approximate surface area is 148 Å². The zero-order valence-electron chi connectivity index (χ0n) is 13.6. The summed E-state index contributed by atoms with van der Waals surface area (Å²) in [5, 5.41) is 3.30. The van der Waals surface area contributed by atoms with Crippen molar-refractivity contribution in [2.24, 2.45) is 0 Å². The third-order valence-electron chi connectivity index (χ3n) is 4.56. The third-order valence-corrected chi connectivity index (χ3v) is 6.42. The quantitative estimate of drug-likeness (QED) is 0.843. The molecular weight excluding hydrogens is 357 g/mol. The summed E-state index contributed by atoms with van der Waals surface area (Å²) >= 11 is 0. The smallest absolute Gasteiger partial charge is 0.243 e. The summed E-state index contributed by atoms with van der Waals surface area (Å²) in [5.74, 6) is -0.615. The molecule has 136 valence electrons. The van der Waals surface area contributed by atoms with Gasteiger partial charge in [-0.1, -0.05) is 0 Å². The number of hydrogen-bond donors (Lipinski definition) is 1. The topological polar surface area (TPSA) is 61.9 Å². The van der Waals surface area contributed by atoms with E-state index in [1.54, 1.807) is 0 Å². The van der Waals surface area contributed by atoms with Crippen LogP contribution in [0.3, 0.4) is 0 Å². The fourth-order valence-electron chi connectivity index (χ4n) is 3.23. The molecule has 0 radical (unpaired) electrons. The molecule has 6 nitrogen and oxygen atoms in total. The third kappa shape index (κ3) is 3.83. The van der Waals surface area contributed by atoms with Crippen LogP contribution in [0.25, 0.3) is 0 Å². The molecule has 2 fully saturated rings. The molecule has 0 aromatic heterocycles. The van der Waals surface area contributed by atoms with Crippen LogP contribution in [0.5, 0.6) is 5.75 Å². The standard InChI is InChI=1S/C15H22FN3O3S.ClH/c1-22-15-3-2-13(10-14(15)16)23(20,21)19-7-4-12(11-19)18-8-5-17-6-9-18;/h2-3,10,12,17H,4-9,11H2,1H3;1H. The Hall–Kier alpha value is -0.930. The molecular formula is C15H23ClFN3O3S. The van der Waals surface area contributed by atoms with Gasteiger partial charge in [0.05, 0.1) is 12.0 Å². The normalized spacial score (nSPS) is 23.0. The van der Waals surface area contributed by atoms with Crippen LogP contribution in [0.1, 0.15) is 6.42 Å². The molecule has 2 aliphatic rings. The Balaban J connectivity index is 0.00000208. The number of methoxy groups -OCH3 is 1.